The van der Waals surface area contributed by atoms with Gasteiger partial charge in [-0.2, -0.15) is 5.26 Å². The fourth-order valence-corrected chi connectivity index (χ4v) is 6.20. The molecule has 0 saturated carbocycles. The number of methoxy groups -OCH3 is 1. The molecule has 1 amide bonds. The van der Waals surface area contributed by atoms with Gasteiger partial charge in [0.2, 0.25) is 5.82 Å². The van der Waals surface area contributed by atoms with Crippen molar-refractivity contribution < 1.29 is 19.1 Å². The van der Waals surface area contributed by atoms with Crippen molar-refractivity contribution in [2.24, 2.45) is 0 Å². The fourth-order valence-electron chi connectivity index (χ4n) is 6.20. The van der Waals surface area contributed by atoms with Gasteiger partial charge in [-0.3, -0.25) is 0 Å². The van der Waals surface area contributed by atoms with E-state index in [0.717, 1.165) is 29.1 Å². The van der Waals surface area contributed by atoms with Crippen molar-refractivity contribution >= 4 is 34.3 Å². The topological polar surface area (TPSA) is 112 Å². The van der Waals surface area contributed by atoms with Crippen LogP contribution in [0.1, 0.15) is 39.4 Å². The lowest BCUT2D eigenvalue weighted by Crippen LogP contribution is -2.56. The zero-order valence-electron chi connectivity index (χ0n) is 24.9. The number of nitriles is 1. The Bertz CT molecular complexity index is 1730. The molecule has 2 aliphatic heterocycles. The monoisotopic (exact) mass is 590 g/mol. The number of nitrogens with zero attached hydrogens (tertiary/aromatic N) is 6. The molecule has 224 valence electrons. The van der Waals surface area contributed by atoms with Crippen LogP contribution in [0.3, 0.4) is 0 Å². The Balaban J connectivity index is 1.27. The van der Waals surface area contributed by atoms with Crippen molar-refractivity contribution in [3.8, 4) is 6.07 Å². The molecule has 4 aromatic rings. The van der Waals surface area contributed by atoms with Crippen molar-refractivity contribution in [2.75, 3.05) is 43.1 Å². The van der Waals surface area contributed by atoms with Gasteiger partial charge < -0.3 is 24.2 Å². The summed E-state index contributed by atoms with van der Waals surface area (Å²) >= 11 is 0. The molecule has 0 spiro atoms. The van der Waals surface area contributed by atoms with Crippen LogP contribution in [-0.2, 0) is 29.0 Å². The highest BCUT2D eigenvalue weighted by atomic mass is 16.6. The van der Waals surface area contributed by atoms with Gasteiger partial charge in [-0.25, -0.2) is 19.6 Å². The molecule has 0 N–H and O–H groups in total. The Kier molecular flexibility index (Phi) is 8.28. The van der Waals surface area contributed by atoms with Gasteiger partial charge in [0.05, 0.1) is 37.9 Å². The van der Waals surface area contributed by atoms with Crippen LogP contribution >= 0.6 is 0 Å². The largest absolute Gasteiger partial charge is 0.463 e. The van der Waals surface area contributed by atoms with E-state index in [0.29, 0.717) is 38.4 Å². The second-order valence-corrected chi connectivity index (χ2v) is 11.1. The molecule has 10 heteroatoms. The summed E-state index contributed by atoms with van der Waals surface area (Å²) < 4.78 is 10.6. The number of piperazine rings is 1. The molecule has 1 saturated heterocycles. The minimum absolute atomic E-state index is 0.00117. The zero-order valence-corrected chi connectivity index (χ0v) is 24.9. The summed E-state index contributed by atoms with van der Waals surface area (Å²) in [6.07, 6.45) is 0.369. The molecule has 6 rings (SSSR count). The minimum Gasteiger partial charge on any atom is -0.463 e. The summed E-state index contributed by atoms with van der Waals surface area (Å²) in [6.45, 7) is 4.75. The predicted octanol–water partition coefficient (Wildman–Crippen LogP) is 5.03. The smallest absolute Gasteiger partial charge is 0.410 e. The Hall–Kier alpha value is -5.17. The highest BCUT2D eigenvalue weighted by molar-refractivity contribution is 5.97. The van der Waals surface area contributed by atoms with Gasteiger partial charge in [-0.05, 0) is 35.9 Å². The lowest BCUT2D eigenvalue weighted by Gasteiger charge is -2.42. The number of carbonyl (C=O) groups excluding carboxylic acids is 2. The van der Waals surface area contributed by atoms with Crippen LogP contribution < -0.4 is 9.80 Å². The Morgan fingerprint density at radius 3 is 2.55 bits per heavy atom. The number of ether oxygens (including phenoxy) is 2. The van der Waals surface area contributed by atoms with Gasteiger partial charge in [0.1, 0.15) is 12.4 Å². The number of aryl methyl sites for hydroxylation is 1. The van der Waals surface area contributed by atoms with Crippen LogP contribution in [-0.4, -0.2) is 66.3 Å². The number of hydrogen-bond acceptors (Lipinski definition) is 9. The Morgan fingerprint density at radius 1 is 0.977 bits per heavy atom. The maximum absolute atomic E-state index is 13.1. The molecule has 1 fully saturated rings. The maximum atomic E-state index is 13.1. The molecule has 44 heavy (non-hydrogen) atoms. The van der Waals surface area contributed by atoms with E-state index >= 15 is 0 Å². The number of hydrogen-bond donors (Lipinski definition) is 0. The van der Waals surface area contributed by atoms with Crippen molar-refractivity contribution in [2.45, 2.75) is 39.0 Å². The number of esters is 1. The number of rotatable bonds is 6. The number of anilines is 2. The Morgan fingerprint density at radius 2 is 1.77 bits per heavy atom. The average molecular weight is 591 g/mol. The van der Waals surface area contributed by atoms with E-state index in [-0.39, 0.29) is 18.9 Å². The molecule has 10 nitrogen and oxygen atoms in total. The van der Waals surface area contributed by atoms with Crippen molar-refractivity contribution in [3.05, 3.63) is 94.9 Å². The standard InChI is InChI=1S/C34H34N6O4/c1-23-8-6-11-25-12-7-13-29(30(23)25)38-17-15-27-28(21-38)36-31(33(41)43-2)37-32(27)39-18-19-40(26(20-39)14-16-35)34(42)44-22-24-9-4-3-5-10-24/h3-13,26H,14-15,17-22H2,1-2H3/t26-/m0/s1. The van der Waals surface area contributed by atoms with Crippen molar-refractivity contribution in [3.63, 3.8) is 0 Å². The molecule has 3 heterocycles. The first-order valence-electron chi connectivity index (χ1n) is 14.8. The third kappa shape index (κ3) is 5.73. The lowest BCUT2D eigenvalue weighted by atomic mass is 9.99. The molecule has 3 aromatic carbocycles. The molecule has 0 unspecified atom stereocenters. The summed E-state index contributed by atoms with van der Waals surface area (Å²) in [5.41, 5.74) is 4.97. The van der Waals surface area contributed by atoms with Gasteiger partial charge >= 0.3 is 12.1 Å². The molecule has 0 aliphatic carbocycles. The highest BCUT2D eigenvalue weighted by Crippen LogP contribution is 2.35. The normalized spacial score (nSPS) is 16.3. The molecule has 2 aliphatic rings. The van der Waals surface area contributed by atoms with E-state index in [9.17, 15) is 14.9 Å². The summed E-state index contributed by atoms with van der Waals surface area (Å²) in [7, 11) is 1.32. The van der Waals surface area contributed by atoms with E-state index in [2.05, 4.69) is 69.2 Å². The maximum Gasteiger partial charge on any atom is 0.410 e. The van der Waals surface area contributed by atoms with Gasteiger partial charge in [0, 0.05) is 42.8 Å². The first-order chi connectivity index (χ1) is 21.5. The van der Waals surface area contributed by atoms with Crippen LogP contribution in [0.5, 0.6) is 0 Å². The lowest BCUT2D eigenvalue weighted by molar-refractivity contribution is 0.0586. The average Bonchev–Trinajstić information content (AvgIpc) is 3.06. The number of fused-ring (bicyclic) bond motifs is 2. The molecular formula is C34H34N6O4. The molecule has 1 atom stereocenters. The molecule has 0 radical (unpaired) electrons. The second kappa shape index (κ2) is 12.6. The van der Waals surface area contributed by atoms with Crippen LogP contribution in [0.2, 0.25) is 0 Å². The van der Waals surface area contributed by atoms with Gasteiger partial charge in [-0.15, -0.1) is 0 Å². The van der Waals surface area contributed by atoms with E-state index in [1.807, 2.05) is 30.3 Å². The zero-order chi connectivity index (χ0) is 30.6. The molecule has 1 aromatic heterocycles. The quantitative estimate of drug-likeness (QED) is 0.286. The third-order valence-electron chi connectivity index (χ3n) is 8.39. The number of benzene rings is 3. The van der Waals surface area contributed by atoms with Gasteiger partial charge in [0.15, 0.2) is 0 Å². The van der Waals surface area contributed by atoms with Crippen molar-refractivity contribution in [1.82, 2.24) is 14.9 Å². The second-order valence-electron chi connectivity index (χ2n) is 11.1. The SMILES string of the molecule is COC(=O)c1nc2c(c(N3CCN(C(=O)OCc4ccccc4)[C@@H](CC#N)C3)n1)CCN(c1cccc3cccc(C)c13)C2. The minimum atomic E-state index is -0.608. The van der Waals surface area contributed by atoms with E-state index in [1.165, 1.54) is 23.4 Å². The number of aromatic nitrogens is 2. The van der Waals surface area contributed by atoms with E-state index in [1.54, 1.807) is 4.90 Å². The highest BCUT2D eigenvalue weighted by Gasteiger charge is 2.35. The van der Waals surface area contributed by atoms with Crippen LogP contribution in [0.25, 0.3) is 10.8 Å². The van der Waals surface area contributed by atoms with Crippen molar-refractivity contribution in [1.29, 1.82) is 5.26 Å². The molecular weight excluding hydrogens is 556 g/mol. The van der Waals surface area contributed by atoms with Crippen LogP contribution in [0.15, 0.2) is 66.7 Å². The summed E-state index contributed by atoms with van der Waals surface area (Å²) in [5.74, 6) is 0.0482. The third-order valence-corrected chi connectivity index (χ3v) is 8.39. The summed E-state index contributed by atoms with van der Waals surface area (Å²) in [6, 6.07) is 23.9. The first-order valence-corrected chi connectivity index (χ1v) is 14.8. The van der Waals surface area contributed by atoms with Gasteiger partial charge in [0.25, 0.3) is 0 Å². The van der Waals surface area contributed by atoms with E-state index in [4.69, 9.17) is 9.47 Å². The molecule has 0 bridgehead atoms. The number of carbonyl (C=O) groups is 2. The Labute approximate surface area is 256 Å². The summed E-state index contributed by atoms with van der Waals surface area (Å²) in [4.78, 5) is 41.2. The van der Waals surface area contributed by atoms with Crippen LogP contribution in [0.4, 0.5) is 16.3 Å². The summed E-state index contributed by atoms with van der Waals surface area (Å²) in [5, 5.41) is 12.0. The van der Waals surface area contributed by atoms with E-state index < -0.39 is 18.1 Å². The predicted molar refractivity (Wildman–Crippen MR) is 166 cm³/mol. The number of amides is 1. The van der Waals surface area contributed by atoms with Crippen LogP contribution in [0, 0.1) is 18.3 Å². The first kappa shape index (κ1) is 28.9. The van der Waals surface area contributed by atoms with Gasteiger partial charge in [-0.1, -0.05) is 60.7 Å². The fraction of sp³-hybridized carbons (Fsp3) is 0.324.